The number of amides is 1. The molecule has 0 radical (unpaired) electrons. The van der Waals surface area contributed by atoms with Crippen molar-refractivity contribution in [2.45, 2.75) is 340 Å². The van der Waals surface area contributed by atoms with Crippen LogP contribution in [0.1, 0.15) is 316 Å². The van der Waals surface area contributed by atoms with Crippen molar-refractivity contribution in [3.05, 3.63) is 0 Å². The van der Waals surface area contributed by atoms with E-state index >= 15 is 0 Å². The second kappa shape index (κ2) is 50.3. The Morgan fingerprint density at radius 3 is 0.787 bits per heavy atom. The molecule has 0 saturated carbocycles. The van der Waals surface area contributed by atoms with Gasteiger partial charge in [-0.1, -0.05) is 303 Å². The van der Waals surface area contributed by atoms with Gasteiger partial charge in [0, 0.05) is 0 Å². The van der Waals surface area contributed by atoms with E-state index < -0.39 is 36.9 Å². The minimum atomic E-state index is -1.25. The van der Waals surface area contributed by atoms with Crippen molar-refractivity contribution >= 4 is 5.91 Å². The molecule has 4 atom stereocenters. The first-order valence-electron chi connectivity index (χ1n) is 27.9. The Labute approximate surface area is 381 Å². The van der Waals surface area contributed by atoms with Gasteiger partial charge >= 0.3 is 0 Å². The van der Waals surface area contributed by atoms with Gasteiger partial charge in [0.1, 0.15) is 12.2 Å². The molecule has 4 unspecified atom stereocenters. The quantitative estimate of drug-likeness (QED) is 0.0391. The van der Waals surface area contributed by atoms with Crippen LogP contribution in [0.2, 0.25) is 0 Å². The zero-order valence-electron chi connectivity index (χ0n) is 41.4. The lowest BCUT2D eigenvalue weighted by molar-refractivity contribution is -0.132. The van der Waals surface area contributed by atoms with Crippen molar-refractivity contribution in [2.75, 3.05) is 6.61 Å². The number of hydrogen-bond acceptors (Lipinski definition) is 5. The minimum absolute atomic E-state index is 0.376. The molecule has 0 fully saturated rings. The zero-order chi connectivity index (χ0) is 44.5. The first-order chi connectivity index (χ1) is 30.0. The highest BCUT2D eigenvalue weighted by atomic mass is 16.3. The van der Waals surface area contributed by atoms with Crippen LogP contribution in [-0.4, -0.2) is 57.3 Å². The Kier molecular flexibility index (Phi) is 49.7. The lowest BCUT2D eigenvalue weighted by Crippen LogP contribution is -2.53. The van der Waals surface area contributed by atoms with E-state index in [0.717, 1.165) is 38.5 Å². The van der Waals surface area contributed by atoms with Crippen LogP contribution in [-0.2, 0) is 4.79 Å². The lowest BCUT2D eigenvalue weighted by Gasteiger charge is -2.27. The van der Waals surface area contributed by atoms with Crippen molar-refractivity contribution < 1.29 is 25.2 Å². The number of aliphatic hydroxyl groups is 4. The normalized spacial score (nSPS) is 13.7. The van der Waals surface area contributed by atoms with Crippen LogP contribution in [0.25, 0.3) is 0 Å². The van der Waals surface area contributed by atoms with E-state index in [1.165, 1.54) is 250 Å². The molecular weight excluding hydrogens is 755 g/mol. The molecule has 5 N–H and O–H groups in total. The molecule has 0 aromatic carbocycles. The maximum Gasteiger partial charge on any atom is 0.249 e. The molecule has 1 amide bonds. The lowest BCUT2D eigenvalue weighted by atomic mass is 9.99. The molecule has 61 heavy (non-hydrogen) atoms. The summed E-state index contributed by atoms with van der Waals surface area (Å²) in [5.74, 6) is -0.576. The molecule has 6 nitrogen and oxygen atoms in total. The van der Waals surface area contributed by atoms with Crippen molar-refractivity contribution in [2.24, 2.45) is 0 Å². The van der Waals surface area contributed by atoms with E-state index in [9.17, 15) is 25.2 Å². The summed E-state index contributed by atoms with van der Waals surface area (Å²) >= 11 is 0. The standard InChI is InChI=1S/C55H111NO5/c1-3-5-7-9-11-13-15-17-19-21-22-23-24-25-26-27-28-29-30-31-32-33-35-37-39-41-43-45-47-49-53(59)55(61)56-51(50-57)54(60)52(58)48-46-44-42-40-38-36-34-20-18-16-14-12-10-8-6-4-2/h51-54,57-60H,3-50H2,1-2H3,(H,56,61). The number of nitrogens with one attached hydrogen (secondary N) is 1. The number of hydrogen-bond donors (Lipinski definition) is 5. The van der Waals surface area contributed by atoms with Crippen LogP contribution in [0.4, 0.5) is 0 Å². The number of aliphatic hydroxyl groups excluding tert-OH is 4. The maximum absolute atomic E-state index is 12.6. The Balaban J connectivity index is 3.55. The fourth-order valence-corrected chi connectivity index (χ4v) is 9.17. The molecule has 0 aromatic heterocycles. The van der Waals surface area contributed by atoms with E-state index in [2.05, 4.69) is 19.2 Å². The van der Waals surface area contributed by atoms with Crippen molar-refractivity contribution in [1.82, 2.24) is 5.32 Å². The van der Waals surface area contributed by atoms with Gasteiger partial charge in [0.25, 0.3) is 0 Å². The second-order valence-electron chi connectivity index (χ2n) is 19.7. The first-order valence-corrected chi connectivity index (χ1v) is 27.9. The Morgan fingerprint density at radius 1 is 0.344 bits per heavy atom. The zero-order valence-corrected chi connectivity index (χ0v) is 41.4. The number of carbonyl (C=O) groups excluding carboxylic acids is 1. The Morgan fingerprint density at radius 2 is 0.557 bits per heavy atom. The monoisotopic (exact) mass is 866 g/mol. The fourth-order valence-electron chi connectivity index (χ4n) is 9.17. The fraction of sp³-hybridized carbons (Fsp3) is 0.982. The summed E-state index contributed by atoms with van der Waals surface area (Å²) in [4.78, 5) is 12.6. The summed E-state index contributed by atoms with van der Waals surface area (Å²) in [6.07, 6.45) is 57.4. The molecule has 0 rings (SSSR count). The highest BCUT2D eigenvalue weighted by Gasteiger charge is 2.28. The molecular formula is C55H111NO5. The molecule has 0 aliphatic carbocycles. The van der Waals surface area contributed by atoms with Gasteiger partial charge in [0.2, 0.25) is 5.91 Å². The van der Waals surface area contributed by atoms with Crippen LogP contribution >= 0.6 is 0 Å². The predicted molar refractivity (Wildman–Crippen MR) is 265 cm³/mol. The molecule has 0 heterocycles. The van der Waals surface area contributed by atoms with Gasteiger partial charge in [-0.2, -0.15) is 0 Å². The molecule has 0 saturated heterocycles. The predicted octanol–water partition coefficient (Wildman–Crippen LogP) is 15.9. The van der Waals surface area contributed by atoms with Gasteiger partial charge in [-0.05, 0) is 12.8 Å². The van der Waals surface area contributed by atoms with Crippen LogP contribution < -0.4 is 5.32 Å². The Hall–Kier alpha value is -0.690. The van der Waals surface area contributed by atoms with Crippen LogP contribution in [0.5, 0.6) is 0 Å². The minimum Gasteiger partial charge on any atom is -0.394 e. The molecule has 0 aliphatic heterocycles. The molecule has 6 heteroatoms. The topological polar surface area (TPSA) is 110 Å². The van der Waals surface area contributed by atoms with Gasteiger partial charge < -0.3 is 25.7 Å². The summed E-state index contributed by atoms with van der Waals surface area (Å²) < 4.78 is 0. The Bertz CT molecular complexity index is 841. The van der Waals surface area contributed by atoms with Crippen molar-refractivity contribution in [3.8, 4) is 0 Å². The molecule has 366 valence electrons. The average Bonchev–Trinajstić information content (AvgIpc) is 3.26. The molecule has 0 aliphatic rings. The summed E-state index contributed by atoms with van der Waals surface area (Å²) in [6, 6.07) is -0.980. The van der Waals surface area contributed by atoms with Gasteiger partial charge in [-0.3, -0.25) is 4.79 Å². The third kappa shape index (κ3) is 44.3. The van der Waals surface area contributed by atoms with Gasteiger partial charge in [-0.15, -0.1) is 0 Å². The highest BCUT2D eigenvalue weighted by molar-refractivity contribution is 5.80. The van der Waals surface area contributed by atoms with Gasteiger partial charge in [0.05, 0.1) is 18.8 Å². The molecule has 0 bridgehead atoms. The summed E-state index contributed by atoms with van der Waals surface area (Å²) in [5, 5.41) is 43.9. The van der Waals surface area contributed by atoms with E-state index in [-0.39, 0.29) is 0 Å². The third-order valence-corrected chi connectivity index (χ3v) is 13.6. The largest absolute Gasteiger partial charge is 0.394 e. The van der Waals surface area contributed by atoms with Gasteiger partial charge in [-0.25, -0.2) is 0 Å². The number of carbonyl (C=O) groups is 1. The molecule has 0 aromatic rings. The number of rotatable bonds is 52. The van der Waals surface area contributed by atoms with E-state index in [1.807, 2.05) is 0 Å². The average molecular weight is 866 g/mol. The molecule has 0 spiro atoms. The summed E-state index contributed by atoms with van der Waals surface area (Å²) in [6.45, 7) is 4.09. The highest BCUT2D eigenvalue weighted by Crippen LogP contribution is 2.19. The van der Waals surface area contributed by atoms with Crippen LogP contribution in [0.3, 0.4) is 0 Å². The number of unbranched alkanes of at least 4 members (excludes halogenated alkanes) is 43. The third-order valence-electron chi connectivity index (χ3n) is 13.6. The van der Waals surface area contributed by atoms with E-state index in [4.69, 9.17) is 0 Å². The van der Waals surface area contributed by atoms with Crippen molar-refractivity contribution in [1.29, 1.82) is 0 Å². The second-order valence-corrected chi connectivity index (χ2v) is 19.7. The van der Waals surface area contributed by atoms with E-state index in [0.29, 0.717) is 12.8 Å². The smallest absolute Gasteiger partial charge is 0.249 e. The first kappa shape index (κ1) is 60.3. The summed E-state index contributed by atoms with van der Waals surface area (Å²) in [7, 11) is 0. The maximum atomic E-state index is 12.6. The van der Waals surface area contributed by atoms with E-state index in [1.54, 1.807) is 0 Å². The van der Waals surface area contributed by atoms with Crippen LogP contribution in [0.15, 0.2) is 0 Å². The van der Waals surface area contributed by atoms with Crippen molar-refractivity contribution in [3.63, 3.8) is 0 Å². The van der Waals surface area contributed by atoms with Crippen LogP contribution in [0, 0.1) is 0 Å². The SMILES string of the molecule is CCCCCCCCCCCCCCCCCCCCCCCCCCCCCCCC(O)C(=O)NC(CO)C(O)C(O)CCCCCCCCCCCCCCCCCC. The summed E-state index contributed by atoms with van der Waals surface area (Å²) in [5.41, 5.74) is 0. The van der Waals surface area contributed by atoms with Gasteiger partial charge in [0.15, 0.2) is 0 Å².